The van der Waals surface area contributed by atoms with Crippen LogP contribution in [0, 0.1) is 0 Å². The van der Waals surface area contributed by atoms with Crippen molar-refractivity contribution in [2.24, 2.45) is 5.73 Å². The molecule has 0 bridgehead atoms. The molecule has 0 unspecified atom stereocenters. The van der Waals surface area contributed by atoms with Gasteiger partial charge in [-0.15, -0.1) is 0 Å². The van der Waals surface area contributed by atoms with Crippen LogP contribution in [0.5, 0.6) is 0 Å². The summed E-state index contributed by atoms with van der Waals surface area (Å²) in [6.45, 7) is 4.52. The summed E-state index contributed by atoms with van der Waals surface area (Å²) in [7, 11) is -3.56. The van der Waals surface area contributed by atoms with E-state index in [-0.39, 0.29) is 13.2 Å². The maximum Gasteiger partial charge on any atom is 0.436 e. The van der Waals surface area contributed by atoms with Crippen LogP contribution in [0.4, 0.5) is 4.79 Å². The van der Waals surface area contributed by atoms with Gasteiger partial charge in [0.15, 0.2) is 0 Å². The van der Waals surface area contributed by atoms with E-state index < -0.39 is 13.8 Å². The zero-order chi connectivity index (χ0) is 12.4. The van der Waals surface area contributed by atoms with Crippen molar-refractivity contribution in [1.82, 2.24) is 5.09 Å². The predicted molar refractivity (Wildman–Crippen MR) is 62.0 cm³/mol. The van der Waals surface area contributed by atoms with E-state index in [4.69, 9.17) is 14.8 Å². The smallest absolute Gasteiger partial charge is 0.351 e. The van der Waals surface area contributed by atoms with Crippen LogP contribution in [-0.2, 0) is 13.6 Å². The zero-order valence-corrected chi connectivity index (χ0v) is 10.8. The lowest BCUT2D eigenvalue weighted by Gasteiger charge is -2.17. The third-order valence-corrected chi connectivity index (χ3v) is 3.30. The quantitative estimate of drug-likeness (QED) is 0.487. The van der Waals surface area contributed by atoms with Crippen molar-refractivity contribution < 1.29 is 18.4 Å². The molecule has 96 valence electrons. The summed E-state index contributed by atoms with van der Waals surface area (Å²) in [5.74, 6) is 0. The Balaban J connectivity index is 4.13. The molecular formula is C9H21N2O4P. The summed E-state index contributed by atoms with van der Waals surface area (Å²) in [5.41, 5.74) is 4.90. The lowest BCUT2D eigenvalue weighted by molar-refractivity contribution is 0.191. The second-order valence-electron chi connectivity index (χ2n) is 3.35. The number of unbranched alkanes of at least 4 members (excludes halogenated alkanes) is 2. The van der Waals surface area contributed by atoms with Crippen molar-refractivity contribution in [3.05, 3.63) is 0 Å². The number of carbonyl (C=O) groups excluding carboxylic acids is 1. The number of carbonyl (C=O) groups is 1. The number of nitrogens with two attached hydrogens (primary N) is 1. The number of rotatable bonds is 9. The van der Waals surface area contributed by atoms with Crippen LogP contribution < -0.4 is 10.8 Å². The molecule has 0 aromatic heterocycles. The minimum atomic E-state index is -3.56. The molecule has 0 aromatic carbocycles. The minimum Gasteiger partial charge on any atom is -0.351 e. The first kappa shape index (κ1) is 15.4. The Morgan fingerprint density at radius 2 is 1.62 bits per heavy atom. The monoisotopic (exact) mass is 252 g/mol. The maximum atomic E-state index is 11.9. The van der Waals surface area contributed by atoms with Crippen LogP contribution in [0.1, 0.15) is 39.5 Å². The Morgan fingerprint density at radius 1 is 1.19 bits per heavy atom. The van der Waals surface area contributed by atoms with Gasteiger partial charge in [0.1, 0.15) is 0 Å². The van der Waals surface area contributed by atoms with Gasteiger partial charge >= 0.3 is 13.8 Å². The fourth-order valence-electron chi connectivity index (χ4n) is 0.895. The van der Waals surface area contributed by atoms with Crippen molar-refractivity contribution in [2.45, 2.75) is 39.5 Å². The predicted octanol–water partition coefficient (Wildman–Crippen LogP) is 2.40. The molecule has 0 fully saturated rings. The average Bonchev–Trinajstić information content (AvgIpc) is 2.17. The highest BCUT2D eigenvalue weighted by Crippen LogP contribution is 2.43. The molecule has 0 aromatic rings. The number of primary amides is 1. The van der Waals surface area contributed by atoms with Crippen molar-refractivity contribution >= 4 is 13.8 Å². The highest BCUT2D eigenvalue weighted by atomic mass is 31.2. The van der Waals surface area contributed by atoms with Crippen molar-refractivity contribution in [3.63, 3.8) is 0 Å². The molecule has 0 atom stereocenters. The Hall–Kier alpha value is -0.580. The first-order chi connectivity index (χ1) is 7.54. The number of amides is 2. The Bertz CT molecular complexity index is 234. The second kappa shape index (κ2) is 8.56. The van der Waals surface area contributed by atoms with Gasteiger partial charge in [0.25, 0.3) is 0 Å². The SMILES string of the molecule is CCCCOP(=O)(NC(N)=O)OCCCC. The molecule has 0 radical (unpaired) electrons. The van der Waals surface area contributed by atoms with E-state index in [0.29, 0.717) is 0 Å². The molecule has 0 saturated heterocycles. The number of hydrogen-bond donors (Lipinski definition) is 2. The van der Waals surface area contributed by atoms with Gasteiger partial charge in [0.2, 0.25) is 0 Å². The van der Waals surface area contributed by atoms with E-state index in [9.17, 15) is 9.36 Å². The van der Waals surface area contributed by atoms with E-state index in [1.165, 1.54) is 0 Å². The first-order valence-corrected chi connectivity index (χ1v) is 7.05. The Labute approximate surface area is 96.5 Å². The van der Waals surface area contributed by atoms with Gasteiger partial charge in [-0.25, -0.2) is 14.4 Å². The Kier molecular flexibility index (Phi) is 8.25. The van der Waals surface area contributed by atoms with E-state index >= 15 is 0 Å². The summed E-state index contributed by atoms with van der Waals surface area (Å²) < 4.78 is 22.0. The lowest BCUT2D eigenvalue weighted by Crippen LogP contribution is -2.28. The zero-order valence-electron chi connectivity index (χ0n) is 9.90. The van der Waals surface area contributed by atoms with Gasteiger partial charge in [0.05, 0.1) is 13.2 Å². The van der Waals surface area contributed by atoms with Gasteiger partial charge in [0, 0.05) is 0 Å². The number of nitrogens with one attached hydrogen (secondary N) is 1. The van der Waals surface area contributed by atoms with E-state index in [1.54, 1.807) is 0 Å². The van der Waals surface area contributed by atoms with Gasteiger partial charge in [-0.3, -0.25) is 9.05 Å². The molecule has 0 spiro atoms. The topological polar surface area (TPSA) is 90.6 Å². The summed E-state index contributed by atoms with van der Waals surface area (Å²) in [5, 5.41) is 2.02. The third-order valence-electron chi connectivity index (χ3n) is 1.77. The molecule has 3 N–H and O–H groups in total. The molecule has 7 heteroatoms. The van der Waals surface area contributed by atoms with Crippen molar-refractivity contribution in [3.8, 4) is 0 Å². The van der Waals surface area contributed by atoms with Crippen LogP contribution in [0.3, 0.4) is 0 Å². The molecular weight excluding hydrogens is 231 g/mol. The van der Waals surface area contributed by atoms with Crippen molar-refractivity contribution in [1.29, 1.82) is 0 Å². The lowest BCUT2D eigenvalue weighted by atomic mass is 10.4. The highest BCUT2D eigenvalue weighted by Gasteiger charge is 2.26. The Morgan fingerprint density at radius 3 is 1.94 bits per heavy atom. The number of hydrogen-bond acceptors (Lipinski definition) is 4. The van der Waals surface area contributed by atoms with Crippen LogP contribution in [-0.4, -0.2) is 19.2 Å². The molecule has 0 rings (SSSR count). The first-order valence-electron chi connectivity index (χ1n) is 5.51. The van der Waals surface area contributed by atoms with Crippen LogP contribution in [0.2, 0.25) is 0 Å². The molecule has 16 heavy (non-hydrogen) atoms. The molecule has 0 aliphatic heterocycles. The van der Waals surface area contributed by atoms with E-state index in [0.717, 1.165) is 25.7 Å². The summed E-state index contributed by atoms with van der Waals surface area (Å²) in [6, 6.07) is -0.906. The average molecular weight is 252 g/mol. The molecule has 6 nitrogen and oxygen atoms in total. The molecule has 0 heterocycles. The summed E-state index contributed by atoms with van der Waals surface area (Å²) >= 11 is 0. The fraction of sp³-hybridized carbons (Fsp3) is 0.889. The summed E-state index contributed by atoms with van der Waals surface area (Å²) in [6.07, 6.45) is 3.32. The fourth-order valence-corrected chi connectivity index (χ4v) is 2.11. The highest BCUT2D eigenvalue weighted by molar-refractivity contribution is 7.52. The van der Waals surface area contributed by atoms with Crippen LogP contribution in [0.25, 0.3) is 0 Å². The molecule has 2 amide bonds. The number of urea groups is 1. The van der Waals surface area contributed by atoms with Gasteiger partial charge in [-0.1, -0.05) is 26.7 Å². The molecule has 0 aliphatic rings. The molecule has 0 aliphatic carbocycles. The van der Waals surface area contributed by atoms with Gasteiger partial charge < -0.3 is 5.73 Å². The third kappa shape index (κ3) is 7.68. The minimum absolute atomic E-state index is 0.278. The van der Waals surface area contributed by atoms with E-state index in [1.807, 2.05) is 18.9 Å². The second-order valence-corrected chi connectivity index (χ2v) is 5.08. The summed E-state index contributed by atoms with van der Waals surface area (Å²) in [4.78, 5) is 10.7. The van der Waals surface area contributed by atoms with Crippen molar-refractivity contribution in [2.75, 3.05) is 13.2 Å². The van der Waals surface area contributed by atoms with Gasteiger partial charge in [-0.05, 0) is 12.8 Å². The normalized spacial score (nSPS) is 11.4. The largest absolute Gasteiger partial charge is 0.436 e. The van der Waals surface area contributed by atoms with Crippen LogP contribution >= 0.6 is 7.75 Å². The maximum absolute atomic E-state index is 11.9. The molecule has 0 saturated carbocycles. The van der Waals surface area contributed by atoms with Crippen LogP contribution in [0.15, 0.2) is 0 Å². The standard InChI is InChI=1S/C9H21N2O4P/c1-3-5-7-14-16(13,11-9(10)12)15-8-6-4-2/h3-8H2,1-2H3,(H3,10,11,12,13). The van der Waals surface area contributed by atoms with Gasteiger partial charge in [-0.2, -0.15) is 0 Å². The van der Waals surface area contributed by atoms with E-state index in [2.05, 4.69) is 0 Å².